The topological polar surface area (TPSA) is 92.8 Å². The summed E-state index contributed by atoms with van der Waals surface area (Å²) in [6.45, 7) is 0. The van der Waals surface area contributed by atoms with Crippen LogP contribution in [0, 0.1) is 0 Å². The first kappa shape index (κ1) is 13.2. The van der Waals surface area contributed by atoms with Crippen LogP contribution in [-0.2, 0) is 10.1 Å². The molecule has 16 heavy (non-hydrogen) atoms. The number of hydrogen-bond donors (Lipinski definition) is 2. The second-order valence-electron chi connectivity index (χ2n) is 2.83. The van der Waals surface area contributed by atoms with Crippen LogP contribution in [0.25, 0.3) is 0 Å². The van der Waals surface area contributed by atoms with Crippen LogP contribution < -0.4 is 5.73 Å². The van der Waals surface area contributed by atoms with Gasteiger partial charge in [0.2, 0.25) is 0 Å². The Morgan fingerprint density at radius 2 is 2.12 bits per heavy atom. The lowest BCUT2D eigenvalue weighted by Gasteiger charge is -2.02. The molecule has 0 fully saturated rings. The average Bonchev–Trinajstić information content (AvgIpc) is 2.19. The largest absolute Gasteiger partial charge is 0.386 e. The van der Waals surface area contributed by atoms with Crippen molar-refractivity contribution in [3.05, 3.63) is 23.2 Å². The van der Waals surface area contributed by atoms with Crippen molar-refractivity contribution in [3.63, 3.8) is 0 Å². The van der Waals surface area contributed by atoms with E-state index in [4.69, 9.17) is 33.5 Å². The van der Waals surface area contributed by atoms with Crippen LogP contribution in [0.15, 0.2) is 28.1 Å². The van der Waals surface area contributed by atoms with Crippen LogP contribution >= 0.6 is 23.2 Å². The number of halogens is 2. The monoisotopic (exact) mass is 282 g/mol. The summed E-state index contributed by atoms with van der Waals surface area (Å²) >= 11 is 11.0. The molecule has 0 aromatic heterocycles. The Bertz CT molecular complexity index is 528. The zero-order chi connectivity index (χ0) is 12.3. The van der Waals surface area contributed by atoms with Crippen molar-refractivity contribution >= 4 is 44.8 Å². The molecule has 0 amide bonds. The highest BCUT2D eigenvalue weighted by Crippen LogP contribution is 2.26. The Morgan fingerprint density at radius 1 is 1.50 bits per heavy atom. The molecule has 0 aliphatic heterocycles. The van der Waals surface area contributed by atoms with Crippen molar-refractivity contribution in [1.29, 1.82) is 0 Å². The Labute approximate surface area is 103 Å². The summed E-state index contributed by atoms with van der Waals surface area (Å²) in [7, 11) is -4.37. The number of aliphatic imine (C=N–C) groups is 1. The number of amidine groups is 1. The number of benzene rings is 1. The second-order valence-corrected chi connectivity index (χ2v) is 4.89. The van der Waals surface area contributed by atoms with Crippen LogP contribution in [0.5, 0.6) is 0 Å². The normalized spacial score (nSPS) is 12.8. The minimum Gasteiger partial charge on any atom is -0.386 e. The summed E-state index contributed by atoms with van der Waals surface area (Å²) < 4.78 is 30.7. The van der Waals surface area contributed by atoms with Gasteiger partial charge in [0.05, 0.1) is 16.6 Å². The van der Waals surface area contributed by atoms with Gasteiger partial charge in [-0.05, 0) is 18.2 Å². The number of rotatable bonds is 3. The molecule has 0 atom stereocenters. The smallest absolute Gasteiger partial charge is 0.296 e. The van der Waals surface area contributed by atoms with E-state index < -0.39 is 15.0 Å². The molecule has 0 heterocycles. The van der Waals surface area contributed by atoms with Crippen molar-refractivity contribution < 1.29 is 13.0 Å². The number of alkyl halides is 1. The molecule has 1 rings (SSSR count). The summed E-state index contributed by atoms with van der Waals surface area (Å²) in [4.78, 5) is 3.40. The summed E-state index contributed by atoms with van der Waals surface area (Å²) in [5, 5.41) is -0.0918. The standard InChI is InChI=1S/C8H8Cl2N2O3S/c9-4-8(11)12-5-1-2-6(10)7(3-5)16(13,14)15/h1-3H,4H2,(H2,11,12)(H,13,14,15). The average molecular weight is 283 g/mol. The van der Waals surface area contributed by atoms with Crippen LogP contribution in [0.3, 0.4) is 0 Å². The number of hydrogen-bond acceptors (Lipinski definition) is 3. The van der Waals surface area contributed by atoms with Crippen molar-refractivity contribution in [2.45, 2.75) is 4.90 Å². The van der Waals surface area contributed by atoms with Gasteiger partial charge in [-0.1, -0.05) is 11.6 Å². The van der Waals surface area contributed by atoms with Crippen molar-refractivity contribution in [1.82, 2.24) is 0 Å². The highest BCUT2D eigenvalue weighted by atomic mass is 35.5. The maximum Gasteiger partial charge on any atom is 0.296 e. The molecule has 88 valence electrons. The third-order valence-corrected chi connectivity index (χ3v) is 3.21. The summed E-state index contributed by atoms with van der Waals surface area (Å²) in [6.07, 6.45) is 0. The first-order valence-corrected chi connectivity index (χ1v) is 6.36. The highest BCUT2D eigenvalue weighted by molar-refractivity contribution is 7.86. The van der Waals surface area contributed by atoms with E-state index in [2.05, 4.69) is 4.99 Å². The molecule has 0 saturated carbocycles. The zero-order valence-electron chi connectivity index (χ0n) is 7.89. The van der Waals surface area contributed by atoms with Gasteiger partial charge in [-0.15, -0.1) is 11.6 Å². The molecule has 0 aliphatic rings. The van der Waals surface area contributed by atoms with Gasteiger partial charge in [0, 0.05) is 0 Å². The third kappa shape index (κ3) is 3.34. The Morgan fingerprint density at radius 3 is 2.62 bits per heavy atom. The van der Waals surface area contributed by atoms with E-state index >= 15 is 0 Å². The first-order valence-electron chi connectivity index (χ1n) is 4.00. The van der Waals surface area contributed by atoms with E-state index in [1.54, 1.807) is 0 Å². The predicted molar refractivity (Wildman–Crippen MR) is 63.3 cm³/mol. The SMILES string of the molecule is NC(CCl)=Nc1ccc(Cl)c(S(=O)(=O)O)c1. The molecule has 0 aliphatic carbocycles. The fourth-order valence-corrected chi connectivity index (χ4v) is 2.01. The maximum absolute atomic E-state index is 10.9. The van der Waals surface area contributed by atoms with Crippen molar-refractivity contribution in [3.8, 4) is 0 Å². The minimum absolute atomic E-state index is 0.0177. The molecule has 0 unspecified atom stereocenters. The maximum atomic E-state index is 10.9. The molecule has 0 saturated heterocycles. The third-order valence-electron chi connectivity index (χ3n) is 1.60. The second kappa shape index (κ2) is 5.01. The van der Waals surface area contributed by atoms with Crippen LogP contribution in [0.1, 0.15) is 0 Å². The Balaban J connectivity index is 3.29. The van der Waals surface area contributed by atoms with E-state index in [1.807, 2.05) is 0 Å². The van der Waals surface area contributed by atoms with Gasteiger partial charge in [-0.25, -0.2) is 4.99 Å². The first-order chi connectivity index (χ1) is 7.34. The Hall–Kier alpha value is -0.820. The van der Waals surface area contributed by atoms with Gasteiger partial charge >= 0.3 is 0 Å². The van der Waals surface area contributed by atoms with Gasteiger partial charge in [0.25, 0.3) is 10.1 Å². The van der Waals surface area contributed by atoms with Crippen molar-refractivity contribution in [2.75, 3.05) is 5.88 Å². The molecule has 3 N–H and O–H groups in total. The van der Waals surface area contributed by atoms with Gasteiger partial charge in [-0.3, -0.25) is 4.55 Å². The van der Waals surface area contributed by atoms with Crippen LogP contribution in [0.2, 0.25) is 5.02 Å². The van der Waals surface area contributed by atoms with Gasteiger partial charge < -0.3 is 5.73 Å². The molecule has 0 bridgehead atoms. The summed E-state index contributed by atoms with van der Waals surface area (Å²) in [5.74, 6) is 0.148. The van der Waals surface area contributed by atoms with Gasteiger partial charge in [0.15, 0.2) is 0 Å². The lowest BCUT2D eigenvalue weighted by Crippen LogP contribution is -2.12. The number of nitrogens with zero attached hydrogens (tertiary/aromatic N) is 1. The fourth-order valence-electron chi connectivity index (χ4n) is 0.955. The van der Waals surface area contributed by atoms with Crippen molar-refractivity contribution in [2.24, 2.45) is 10.7 Å². The van der Waals surface area contributed by atoms with E-state index in [0.29, 0.717) is 0 Å². The lowest BCUT2D eigenvalue weighted by atomic mass is 10.3. The van der Waals surface area contributed by atoms with Crippen LogP contribution in [-0.4, -0.2) is 24.7 Å². The molecular weight excluding hydrogens is 275 g/mol. The summed E-state index contributed by atoms with van der Waals surface area (Å²) in [6, 6.07) is 3.86. The molecular formula is C8H8Cl2N2O3S. The van der Waals surface area contributed by atoms with E-state index in [9.17, 15) is 8.42 Å². The molecule has 5 nitrogen and oxygen atoms in total. The highest BCUT2D eigenvalue weighted by Gasteiger charge is 2.14. The zero-order valence-corrected chi connectivity index (χ0v) is 10.2. The summed E-state index contributed by atoms with van der Waals surface area (Å²) in [5.41, 5.74) is 5.62. The predicted octanol–water partition coefficient (Wildman–Crippen LogP) is 1.81. The van der Waals surface area contributed by atoms with Gasteiger partial charge in [0.1, 0.15) is 10.7 Å². The lowest BCUT2D eigenvalue weighted by molar-refractivity contribution is 0.483. The quantitative estimate of drug-likeness (QED) is 0.383. The molecule has 1 aromatic carbocycles. The minimum atomic E-state index is -4.37. The fraction of sp³-hybridized carbons (Fsp3) is 0.125. The van der Waals surface area contributed by atoms with Gasteiger partial charge in [-0.2, -0.15) is 8.42 Å². The molecule has 0 radical (unpaired) electrons. The van der Waals surface area contributed by atoms with E-state index in [1.165, 1.54) is 12.1 Å². The molecule has 0 spiro atoms. The van der Waals surface area contributed by atoms with E-state index in [0.717, 1.165) is 6.07 Å². The molecule has 8 heteroatoms. The molecule has 1 aromatic rings. The Kier molecular flexibility index (Phi) is 4.15. The van der Waals surface area contributed by atoms with Crippen LogP contribution in [0.4, 0.5) is 5.69 Å². The van der Waals surface area contributed by atoms with E-state index in [-0.39, 0.29) is 22.4 Å². The number of nitrogens with two attached hydrogens (primary N) is 1.